The van der Waals surface area contributed by atoms with Crippen LogP contribution in [-0.2, 0) is 16.1 Å². The van der Waals surface area contributed by atoms with E-state index in [4.69, 9.17) is 9.84 Å². The fraction of sp³-hybridized carbons (Fsp3) is 0.600. The molecule has 1 aromatic rings. The summed E-state index contributed by atoms with van der Waals surface area (Å²) < 4.78 is 6.55. The van der Waals surface area contributed by atoms with Crippen molar-refractivity contribution in [3.8, 4) is 0 Å². The minimum Gasteiger partial charge on any atom is -0.476 e. The van der Waals surface area contributed by atoms with Gasteiger partial charge in [-0.15, -0.1) is 5.10 Å². The Bertz CT molecular complexity index is 439. The first-order valence-corrected chi connectivity index (χ1v) is 5.67. The van der Waals surface area contributed by atoms with Gasteiger partial charge in [-0.1, -0.05) is 5.21 Å². The SMILES string of the molecule is O=C(Cn1cc(C(=O)O)nn1)NCC1CCCO1. The van der Waals surface area contributed by atoms with Gasteiger partial charge < -0.3 is 15.2 Å². The average molecular weight is 254 g/mol. The van der Waals surface area contributed by atoms with Crippen molar-refractivity contribution in [2.75, 3.05) is 13.2 Å². The summed E-state index contributed by atoms with van der Waals surface area (Å²) in [5, 5.41) is 18.3. The normalized spacial score (nSPS) is 18.8. The number of amides is 1. The molecule has 0 saturated carbocycles. The third kappa shape index (κ3) is 3.27. The highest BCUT2D eigenvalue weighted by molar-refractivity contribution is 5.84. The van der Waals surface area contributed by atoms with E-state index in [1.165, 1.54) is 10.9 Å². The van der Waals surface area contributed by atoms with E-state index in [0.717, 1.165) is 19.4 Å². The van der Waals surface area contributed by atoms with E-state index >= 15 is 0 Å². The molecule has 8 nitrogen and oxygen atoms in total. The first-order valence-electron chi connectivity index (χ1n) is 5.67. The molecule has 1 aromatic heterocycles. The van der Waals surface area contributed by atoms with Gasteiger partial charge in [0.15, 0.2) is 5.69 Å². The van der Waals surface area contributed by atoms with Crippen LogP contribution >= 0.6 is 0 Å². The number of hydrogen-bond acceptors (Lipinski definition) is 5. The molecule has 0 aromatic carbocycles. The lowest BCUT2D eigenvalue weighted by molar-refractivity contribution is -0.122. The molecule has 0 aliphatic carbocycles. The Hall–Kier alpha value is -1.96. The molecular weight excluding hydrogens is 240 g/mol. The Balaban J connectivity index is 1.77. The maximum absolute atomic E-state index is 11.5. The van der Waals surface area contributed by atoms with Crippen molar-refractivity contribution in [2.24, 2.45) is 0 Å². The highest BCUT2D eigenvalue weighted by Gasteiger charge is 2.16. The van der Waals surface area contributed by atoms with E-state index < -0.39 is 5.97 Å². The summed E-state index contributed by atoms with van der Waals surface area (Å²) in [4.78, 5) is 22.1. The highest BCUT2D eigenvalue weighted by Crippen LogP contribution is 2.10. The zero-order valence-corrected chi connectivity index (χ0v) is 9.70. The number of rotatable bonds is 5. The van der Waals surface area contributed by atoms with Crippen LogP contribution in [0.3, 0.4) is 0 Å². The molecule has 1 aliphatic rings. The van der Waals surface area contributed by atoms with Crippen LogP contribution in [0, 0.1) is 0 Å². The summed E-state index contributed by atoms with van der Waals surface area (Å²) >= 11 is 0. The maximum Gasteiger partial charge on any atom is 0.358 e. The van der Waals surface area contributed by atoms with Crippen molar-refractivity contribution in [3.63, 3.8) is 0 Å². The number of aromatic nitrogens is 3. The fourth-order valence-corrected chi connectivity index (χ4v) is 1.71. The quantitative estimate of drug-likeness (QED) is 0.717. The van der Waals surface area contributed by atoms with Crippen LogP contribution in [-0.4, -0.2) is 51.2 Å². The Morgan fingerprint density at radius 2 is 2.44 bits per heavy atom. The Morgan fingerprint density at radius 3 is 3.06 bits per heavy atom. The minimum atomic E-state index is -1.17. The lowest BCUT2D eigenvalue weighted by Crippen LogP contribution is -2.34. The van der Waals surface area contributed by atoms with Gasteiger partial charge in [0, 0.05) is 13.2 Å². The molecule has 2 N–H and O–H groups in total. The summed E-state index contributed by atoms with van der Waals surface area (Å²) in [5.74, 6) is -1.41. The van der Waals surface area contributed by atoms with Crippen molar-refractivity contribution in [2.45, 2.75) is 25.5 Å². The topological polar surface area (TPSA) is 106 Å². The predicted octanol–water partition coefficient (Wildman–Crippen LogP) is -0.728. The molecule has 0 spiro atoms. The molecule has 1 amide bonds. The van der Waals surface area contributed by atoms with Gasteiger partial charge in [-0.2, -0.15) is 0 Å². The number of nitrogens with one attached hydrogen (secondary N) is 1. The summed E-state index contributed by atoms with van der Waals surface area (Å²) in [6, 6.07) is 0. The van der Waals surface area contributed by atoms with Crippen LogP contribution < -0.4 is 5.32 Å². The van der Waals surface area contributed by atoms with E-state index in [1.54, 1.807) is 0 Å². The number of hydrogen-bond donors (Lipinski definition) is 2. The van der Waals surface area contributed by atoms with E-state index in [2.05, 4.69) is 15.6 Å². The minimum absolute atomic E-state index is 0.0486. The van der Waals surface area contributed by atoms with Gasteiger partial charge in [0.1, 0.15) is 6.54 Å². The molecule has 2 heterocycles. The van der Waals surface area contributed by atoms with Gasteiger partial charge in [-0.3, -0.25) is 4.79 Å². The van der Waals surface area contributed by atoms with Crippen molar-refractivity contribution < 1.29 is 19.4 Å². The molecule has 2 rings (SSSR count). The Morgan fingerprint density at radius 1 is 1.61 bits per heavy atom. The van der Waals surface area contributed by atoms with Crippen molar-refractivity contribution >= 4 is 11.9 Å². The molecule has 18 heavy (non-hydrogen) atoms. The number of ether oxygens (including phenoxy) is 1. The largest absolute Gasteiger partial charge is 0.476 e. The zero-order chi connectivity index (χ0) is 13.0. The smallest absolute Gasteiger partial charge is 0.358 e. The second-order valence-electron chi connectivity index (χ2n) is 4.05. The van der Waals surface area contributed by atoms with Crippen molar-refractivity contribution in [1.82, 2.24) is 20.3 Å². The number of aromatic carboxylic acids is 1. The lowest BCUT2D eigenvalue weighted by Gasteiger charge is -2.10. The van der Waals surface area contributed by atoms with Crippen LogP contribution in [0.4, 0.5) is 0 Å². The number of carbonyl (C=O) groups excluding carboxylic acids is 1. The molecule has 1 fully saturated rings. The van der Waals surface area contributed by atoms with Crippen LogP contribution in [0.2, 0.25) is 0 Å². The average Bonchev–Trinajstić information content (AvgIpc) is 2.96. The molecular formula is C10H14N4O4. The molecule has 0 radical (unpaired) electrons. The number of carboxylic acids is 1. The molecule has 1 saturated heterocycles. The fourth-order valence-electron chi connectivity index (χ4n) is 1.71. The Kier molecular flexibility index (Phi) is 3.88. The van der Waals surface area contributed by atoms with Gasteiger partial charge in [0.05, 0.1) is 12.3 Å². The maximum atomic E-state index is 11.5. The van der Waals surface area contributed by atoms with E-state index in [0.29, 0.717) is 6.54 Å². The summed E-state index contributed by atoms with van der Waals surface area (Å²) in [6.45, 7) is 1.16. The third-order valence-electron chi connectivity index (χ3n) is 2.61. The molecule has 1 unspecified atom stereocenters. The third-order valence-corrected chi connectivity index (χ3v) is 2.61. The summed E-state index contributed by atoms with van der Waals surface area (Å²) in [6.07, 6.45) is 3.27. The summed E-state index contributed by atoms with van der Waals surface area (Å²) in [7, 11) is 0. The molecule has 1 atom stereocenters. The van der Waals surface area contributed by atoms with E-state index in [9.17, 15) is 9.59 Å². The van der Waals surface area contributed by atoms with Gasteiger partial charge in [-0.25, -0.2) is 9.48 Å². The lowest BCUT2D eigenvalue weighted by atomic mass is 10.2. The van der Waals surface area contributed by atoms with Gasteiger partial charge >= 0.3 is 5.97 Å². The standard InChI is InChI=1S/C10H14N4O4/c15-9(11-4-7-2-1-3-18-7)6-14-5-8(10(16)17)12-13-14/h5,7H,1-4,6H2,(H,11,15)(H,16,17). The van der Waals surface area contributed by atoms with E-state index in [1.807, 2.05) is 0 Å². The van der Waals surface area contributed by atoms with E-state index in [-0.39, 0.29) is 24.2 Å². The van der Waals surface area contributed by atoms with Crippen molar-refractivity contribution in [1.29, 1.82) is 0 Å². The van der Waals surface area contributed by atoms with Gasteiger partial charge in [0.2, 0.25) is 5.91 Å². The van der Waals surface area contributed by atoms with Crippen LogP contribution in [0.25, 0.3) is 0 Å². The molecule has 0 bridgehead atoms. The van der Waals surface area contributed by atoms with Gasteiger partial charge in [0.25, 0.3) is 0 Å². The first-order chi connectivity index (χ1) is 8.65. The predicted molar refractivity (Wildman–Crippen MR) is 59.0 cm³/mol. The number of nitrogens with zero attached hydrogens (tertiary/aromatic N) is 3. The second-order valence-corrected chi connectivity index (χ2v) is 4.05. The van der Waals surface area contributed by atoms with Crippen LogP contribution in [0.5, 0.6) is 0 Å². The second kappa shape index (κ2) is 5.58. The van der Waals surface area contributed by atoms with Gasteiger partial charge in [-0.05, 0) is 12.8 Å². The highest BCUT2D eigenvalue weighted by atomic mass is 16.5. The molecule has 1 aliphatic heterocycles. The zero-order valence-electron chi connectivity index (χ0n) is 9.70. The van der Waals surface area contributed by atoms with Crippen molar-refractivity contribution in [3.05, 3.63) is 11.9 Å². The summed E-state index contributed by atoms with van der Waals surface area (Å²) in [5.41, 5.74) is -0.179. The monoisotopic (exact) mass is 254 g/mol. The molecule has 8 heteroatoms. The number of carbonyl (C=O) groups is 2. The first kappa shape index (κ1) is 12.5. The van der Waals surface area contributed by atoms with Crippen LogP contribution in [0.15, 0.2) is 6.20 Å². The van der Waals surface area contributed by atoms with Crippen LogP contribution in [0.1, 0.15) is 23.3 Å². The molecule has 98 valence electrons. The Labute approximate surface area is 103 Å². The number of carboxylic acid groups (broad SMARTS) is 1.